The van der Waals surface area contributed by atoms with Crippen molar-refractivity contribution in [3.05, 3.63) is 57.6 Å². The SMILES string of the molecule is CCCCCCCCCCCCCSC(c1cc(C)cc(C)c1O)c1cc(C)cc(C)c1O. The van der Waals surface area contributed by atoms with Crippen LogP contribution in [0.4, 0.5) is 0 Å². The van der Waals surface area contributed by atoms with Crippen LogP contribution in [-0.4, -0.2) is 16.0 Å². The van der Waals surface area contributed by atoms with E-state index in [0.29, 0.717) is 11.5 Å². The Morgan fingerprint density at radius 1 is 0.606 bits per heavy atom. The molecule has 0 amide bonds. The van der Waals surface area contributed by atoms with Crippen LogP contribution in [-0.2, 0) is 0 Å². The number of aryl methyl sites for hydroxylation is 4. The zero-order chi connectivity index (χ0) is 24.2. The van der Waals surface area contributed by atoms with E-state index in [2.05, 4.69) is 32.9 Å². The molecule has 0 saturated heterocycles. The van der Waals surface area contributed by atoms with Gasteiger partial charge in [0.15, 0.2) is 0 Å². The maximum absolute atomic E-state index is 10.9. The molecular weight excluding hydrogens is 424 g/mol. The third-order valence-electron chi connectivity index (χ3n) is 6.55. The second-order valence-corrected chi connectivity index (χ2v) is 11.0. The largest absolute Gasteiger partial charge is 0.507 e. The molecule has 3 heteroatoms. The van der Waals surface area contributed by atoms with Crippen molar-refractivity contribution in [1.82, 2.24) is 0 Å². The number of thioether (sulfide) groups is 1. The van der Waals surface area contributed by atoms with Gasteiger partial charge in [0.2, 0.25) is 0 Å². The molecule has 0 heterocycles. The van der Waals surface area contributed by atoms with E-state index in [-0.39, 0.29) is 5.25 Å². The van der Waals surface area contributed by atoms with E-state index in [4.69, 9.17) is 0 Å². The molecule has 0 spiro atoms. The second kappa shape index (κ2) is 14.6. The molecule has 0 aliphatic heterocycles. The molecule has 0 saturated carbocycles. The number of hydrogen-bond donors (Lipinski definition) is 2. The fourth-order valence-corrected chi connectivity index (χ4v) is 6.02. The van der Waals surface area contributed by atoms with Crippen LogP contribution < -0.4 is 0 Å². The zero-order valence-electron chi connectivity index (χ0n) is 21.7. The van der Waals surface area contributed by atoms with E-state index in [1.54, 1.807) is 0 Å². The molecule has 2 N–H and O–H groups in total. The molecule has 0 aliphatic carbocycles. The lowest BCUT2D eigenvalue weighted by Crippen LogP contribution is -2.03. The lowest BCUT2D eigenvalue weighted by Gasteiger charge is -2.23. The Morgan fingerprint density at radius 3 is 1.42 bits per heavy atom. The number of hydrogen-bond acceptors (Lipinski definition) is 3. The first-order valence-corrected chi connectivity index (χ1v) is 14.1. The van der Waals surface area contributed by atoms with Crippen LogP contribution in [0.1, 0.15) is 116 Å². The maximum Gasteiger partial charge on any atom is 0.123 e. The summed E-state index contributed by atoms with van der Waals surface area (Å²) < 4.78 is 0. The van der Waals surface area contributed by atoms with Crippen LogP contribution in [0.15, 0.2) is 24.3 Å². The van der Waals surface area contributed by atoms with Gasteiger partial charge in [0.1, 0.15) is 11.5 Å². The van der Waals surface area contributed by atoms with Crippen molar-refractivity contribution in [1.29, 1.82) is 0 Å². The molecule has 33 heavy (non-hydrogen) atoms. The van der Waals surface area contributed by atoms with Gasteiger partial charge in [-0.15, -0.1) is 11.8 Å². The molecule has 184 valence electrons. The molecule has 2 nitrogen and oxygen atoms in total. The van der Waals surface area contributed by atoms with Gasteiger partial charge in [-0.25, -0.2) is 0 Å². The third kappa shape index (κ3) is 8.92. The predicted octanol–water partition coefficient (Wildman–Crippen LogP) is 9.47. The van der Waals surface area contributed by atoms with Crippen molar-refractivity contribution >= 4 is 11.8 Å². The Balaban J connectivity index is 1.94. The molecular formula is C30H46O2S. The summed E-state index contributed by atoms with van der Waals surface area (Å²) in [6, 6.07) is 8.20. The number of benzene rings is 2. The first kappa shape index (κ1) is 27.6. The van der Waals surface area contributed by atoms with E-state index < -0.39 is 0 Å². The fourth-order valence-electron chi connectivity index (χ4n) is 4.70. The van der Waals surface area contributed by atoms with E-state index >= 15 is 0 Å². The Labute approximate surface area is 207 Å². The fraction of sp³-hybridized carbons (Fsp3) is 0.600. The lowest BCUT2D eigenvalue weighted by atomic mass is 9.95. The number of aromatic hydroxyl groups is 2. The van der Waals surface area contributed by atoms with E-state index in [0.717, 1.165) is 39.1 Å². The van der Waals surface area contributed by atoms with Gasteiger partial charge in [-0.05, 0) is 51.0 Å². The first-order valence-electron chi connectivity index (χ1n) is 13.1. The van der Waals surface area contributed by atoms with Gasteiger partial charge < -0.3 is 10.2 Å². The lowest BCUT2D eigenvalue weighted by molar-refractivity contribution is 0.457. The second-order valence-electron chi connectivity index (χ2n) is 9.83. The predicted molar refractivity (Wildman–Crippen MR) is 146 cm³/mol. The standard InChI is InChI=1S/C30H46O2S/c1-6-7-8-9-10-11-12-13-14-15-16-17-33-30(26-20-22(2)18-24(4)28(26)31)27-21-23(3)19-25(5)29(27)32/h18-21,30-32H,6-17H2,1-5H3. The van der Waals surface area contributed by atoms with Gasteiger partial charge in [-0.3, -0.25) is 0 Å². The topological polar surface area (TPSA) is 40.5 Å². The van der Waals surface area contributed by atoms with E-state index in [1.807, 2.05) is 37.7 Å². The highest BCUT2D eigenvalue weighted by molar-refractivity contribution is 7.99. The Bertz CT molecular complexity index is 801. The molecule has 0 aliphatic rings. The van der Waals surface area contributed by atoms with Crippen LogP contribution in [0.25, 0.3) is 0 Å². The minimum Gasteiger partial charge on any atom is -0.507 e. The molecule has 0 atom stereocenters. The monoisotopic (exact) mass is 470 g/mol. The molecule has 2 aromatic carbocycles. The molecule has 0 unspecified atom stereocenters. The summed E-state index contributed by atoms with van der Waals surface area (Å²) in [5, 5.41) is 21.7. The first-order chi connectivity index (χ1) is 15.8. The van der Waals surface area contributed by atoms with Crippen molar-refractivity contribution in [2.75, 3.05) is 5.75 Å². The van der Waals surface area contributed by atoms with Crippen LogP contribution in [0.3, 0.4) is 0 Å². The van der Waals surface area contributed by atoms with Crippen LogP contribution in [0.5, 0.6) is 11.5 Å². The van der Waals surface area contributed by atoms with Crippen molar-refractivity contribution in [3.63, 3.8) is 0 Å². The Kier molecular flexibility index (Phi) is 12.2. The van der Waals surface area contributed by atoms with Crippen molar-refractivity contribution in [3.8, 4) is 11.5 Å². The van der Waals surface area contributed by atoms with E-state index in [1.165, 1.54) is 70.6 Å². The number of unbranched alkanes of at least 4 members (excludes halogenated alkanes) is 10. The highest BCUT2D eigenvalue weighted by Crippen LogP contribution is 2.46. The van der Waals surface area contributed by atoms with Gasteiger partial charge in [-0.2, -0.15) is 0 Å². The summed E-state index contributed by atoms with van der Waals surface area (Å²) in [6.07, 6.45) is 14.8. The number of phenols is 2. The summed E-state index contributed by atoms with van der Waals surface area (Å²) in [7, 11) is 0. The zero-order valence-corrected chi connectivity index (χ0v) is 22.5. The van der Waals surface area contributed by atoms with Gasteiger partial charge in [0.25, 0.3) is 0 Å². The summed E-state index contributed by atoms with van der Waals surface area (Å²) in [6.45, 7) is 10.3. The van der Waals surface area contributed by atoms with Crippen molar-refractivity contribution in [2.45, 2.75) is 110 Å². The molecule has 2 rings (SSSR count). The average Bonchev–Trinajstić information content (AvgIpc) is 2.77. The summed E-state index contributed by atoms with van der Waals surface area (Å²) in [4.78, 5) is 0. The highest BCUT2D eigenvalue weighted by atomic mass is 32.2. The maximum atomic E-state index is 10.9. The van der Waals surface area contributed by atoms with Crippen LogP contribution >= 0.6 is 11.8 Å². The Hall–Kier alpha value is -1.61. The van der Waals surface area contributed by atoms with E-state index in [9.17, 15) is 10.2 Å². The third-order valence-corrected chi connectivity index (χ3v) is 7.91. The van der Waals surface area contributed by atoms with Gasteiger partial charge in [0.05, 0.1) is 5.25 Å². The number of phenolic OH excluding ortho intramolecular Hbond substituents is 2. The quantitative estimate of drug-likeness (QED) is 0.255. The van der Waals surface area contributed by atoms with Gasteiger partial charge in [-0.1, -0.05) is 107 Å². The minimum absolute atomic E-state index is 0.0645. The summed E-state index contributed by atoms with van der Waals surface area (Å²) >= 11 is 1.85. The van der Waals surface area contributed by atoms with Gasteiger partial charge >= 0.3 is 0 Å². The minimum atomic E-state index is -0.0645. The molecule has 0 bridgehead atoms. The van der Waals surface area contributed by atoms with Crippen LogP contribution in [0.2, 0.25) is 0 Å². The van der Waals surface area contributed by atoms with Gasteiger partial charge in [0, 0.05) is 11.1 Å². The number of rotatable bonds is 15. The molecule has 0 radical (unpaired) electrons. The summed E-state index contributed by atoms with van der Waals surface area (Å²) in [5.41, 5.74) is 5.92. The normalized spacial score (nSPS) is 11.5. The molecule has 2 aromatic rings. The van der Waals surface area contributed by atoms with Crippen molar-refractivity contribution in [2.24, 2.45) is 0 Å². The van der Waals surface area contributed by atoms with Crippen molar-refractivity contribution < 1.29 is 10.2 Å². The van der Waals surface area contributed by atoms with Crippen LogP contribution in [0, 0.1) is 27.7 Å². The smallest absolute Gasteiger partial charge is 0.123 e. The highest BCUT2D eigenvalue weighted by Gasteiger charge is 2.23. The molecule has 0 fully saturated rings. The average molecular weight is 471 g/mol. The summed E-state index contributed by atoms with van der Waals surface area (Å²) in [5.74, 6) is 1.74. The molecule has 0 aromatic heterocycles. The Morgan fingerprint density at radius 2 is 1.00 bits per heavy atom.